The molecule has 1 aromatic carbocycles. The molecule has 1 heterocycles. The molecular formula is C10H9NO3S. The van der Waals surface area contributed by atoms with Gasteiger partial charge >= 0.3 is 5.97 Å². The molecule has 4 nitrogen and oxygen atoms in total. The number of hydrogen-bond donors (Lipinski definition) is 2. The number of carboxylic acids is 1. The highest BCUT2D eigenvalue weighted by Crippen LogP contribution is 2.33. The van der Waals surface area contributed by atoms with E-state index in [4.69, 9.17) is 5.11 Å². The van der Waals surface area contributed by atoms with Gasteiger partial charge in [0.1, 0.15) is 0 Å². The monoisotopic (exact) mass is 223 g/mol. The number of carboxylic acid groups (broad SMARTS) is 1. The number of amides is 1. The molecule has 0 fully saturated rings. The van der Waals surface area contributed by atoms with Crippen molar-refractivity contribution >= 4 is 29.3 Å². The van der Waals surface area contributed by atoms with Gasteiger partial charge in [0, 0.05) is 17.1 Å². The van der Waals surface area contributed by atoms with Crippen LogP contribution in [0, 0.1) is 0 Å². The van der Waals surface area contributed by atoms with Gasteiger partial charge in [0.05, 0.1) is 11.3 Å². The van der Waals surface area contributed by atoms with Crippen molar-refractivity contribution in [3.05, 3.63) is 23.8 Å². The van der Waals surface area contributed by atoms with E-state index in [1.165, 1.54) is 11.8 Å². The molecule has 1 aliphatic rings. The number of carbonyl (C=O) groups is 2. The van der Waals surface area contributed by atoms with Crippen LogP contribution in [-0.4, -0.2) is 22.7 Å². The SMILES string of the molecule is O=C1CCSc2c(cccc2C(=O)O)N1. The first-order chi connectivity index (χ1) is 7.18. The lowest BCUT2D eigenvalue weighted by Gasteiger charge is -2.08. The van der Waals surface area contributed by atoms with E-state index in [2.05, 4.69) is 5.32 Å². The number of hydrogen-bond acceptors (Lipinski definition) is 3. The number of rotatable bonds is 1. The van der Waals surface area contributed by atoms with Gasteiger partial charge in [-0.05, 0) is 12.1 Å². The molecular weight excluding hydrogens is 214 g/mol. The van der Waals surface area contributed by atoms with Gasteiger partial charge in [0.2, 0.25) is 5.91 Å². The van der Waals surface area contributed by atoms with Crippen molar-refractivity contribution in [2.45, 2.75) is 11.3 Å². The molecule has 0 atom stereocenters. The molecule has 0 saturated heterocycles. The molecule has 78 valence electrons. The summed E-state index contributed by atoms with van der Waals surface area (Å²) < 4.78 is 0. The van der Waals surface area contributed by atoms with Gasteiger partial charge in [0.15, 0.2) is 0 Å². The Morgan fingerprint density at radius 2 is 2.27 bits per heavy atom. The van der Waals surface area contributed by atoms with Gasteiger partial charge in [-0.2, -0.15) is 0 Å². The molecule has 1 aliphatic heterocycles. The zero-order chi connectivity index (χ0) is 10.8. The lowest BCUT2D eigenvalue weighted by Crippen LogP contribution is -2.10. The molecule has 5 heteroatoms. The van der Waals surface area contributed by atoms with Crippen LogP contribution in [0.4, 0.5) is 5.69 Å². The van der Waals surface area contributed by atoms with Crippen molar-refractivity contribution in [3.63, 3.8) is 0 Å². The minimum atomic E-state index is -0.963. The minimum Gasteiger partial charge on any atom is -0.478 e. The summed E-state index contributed by atoms with van der Waals surface area (Å²) >= 11 is 1.40. The van der Waals surface area contributed by atoms with Gasteiger partial charge in [-0.15, -0.1) is 11.8 Å². The Kier molecular flexibility index (Phi) is 2.64. The number of anilines is 1. The predicted octanol–water partition coefficient (Wildman–Crippen LogP) is 1.82. The predicted molar refractivity (Wildman–Crippen MR) is 57.4 cm³/mol. The first-order valence-electron chi connectivity index (χ1n) is 4.47. The molecule has 15 heavy (non-hydrogen) atoms. The largest absolute Gasteiger partial charge is 0.478 e. The van der Waals surface area contributed by atoms with Crippen molar-refractivity contribution in [1.29, 1.82) is 0 Å². The molecule has 1 amide bonds. The molecule has 0 unspecified atom stereocenters. The van der Waals surface area contributed by atoms with Gasteiger partial charge in [-0.3, -0.25) is 4.79 Å². The highest BCUT2D eigenvalue weighted by molar-refractivity contribution is 7.99. The van der Waals surface area contributed by atoms with Crippen LogP contribution >= 0.6 is 11.8 Å². The second-order valence-electron chi connectivity index (χ2n) is 3.13. The van der Waals surface area contributed by atoms with E-state index in [9.17, 15) is 9.59 Å². The third kappa shape index (κ3) is 1.97. The average molecular weight is 223 g/mol. The quantitative estimate of drug-likeness (QED) is 0.762. The van der Waals surface area contributed by atoms with Gasteiger partial charge in [-0.25, -0.2) is 4.79 Å². The maximum atomic E-state index is 11.3. The fraction of sp³-hybridized carbons (Fsp3) is 0.200. The van der Waals surface area contributed by atoms with Crippen molar-refractivity contribution in [2.75, 3.05) is 11.1 Å². The summed E-state index contributed by atoms with van der Waals surface area (Å²) in [6.07, 6.45) is 0.415. The van der Waals surface area contributed by atoms with Crippen molar-refractivity contribution < 1.29 is 14.7 Å². The molecule has 0 spiro atoms. The van der Waals surface area contributed by atoms with Crippen molar-refractivity contribution in [1.82, 2.24) is 0 Å². The van der Waals surface area contributed by atoms with E-state index in [-0.39, 0.29) is 11.5 Å². The number of thioether (sulfide) groups is 1. The molecule has 0 bridgehead atoms. The van der Waals surface area contributed by atoms with E-state index in [0.29, 0.717) is 22.8 Å². The summed E-state index contributed by atoms with van der Waals surface area (Å²) in [4.78, 5) is 22.8. The van der Waals surface area contributed by atoms with E-state index in [1.54, 1.807) is 18.2 Å². The maximum Gasteiger partial charge on any atom is 0.336 e. The Balaban J connectivity index is 2.50. The zero-order valence-corrected chi connectivity index (χ0v) is 8.63. The number of fused-ring (bicyclic) bond motifs is 1. The van der Waals surface area contributed by atoms with E-state index >= 15 is 0 Å². The fourth-order valence-electron chi connectivity index (χ4n) is 1.42. The lowest BCUT2D eigenvalue weighted by atomic mass is 10.2. The summed E-state index contributed by atoms with van der Waals surface area (Å²) in [6.45, 7) is 0. The molecule has 2 N–H and O–H groups in total. The van der Waals surface area contributed by atoms with Crippen LogP contribution in [0.15, 0.2) is 23.1 Å². The number of benzene rings is 1. The highest BCUT2D eigenvalue weighted by Gasteiger charge is 2.18. The first kappa shape index (κ1) is 10.0. The smallest absolute Gasteiger partial charge is 0.336 e. The topological polar surface area (TPSA) is 66.4 Å². The maximum absolute atomic E-state index is 11.3. The van der Waals surface area contributed by atoms with Crippen LogP contribution in [0.2, 0.25) is 0 Å². The van der Waals surface area contributed by atoms with E-state index in [1.807, 2.05) is 0 Å². The third-order valence-corrected chi connectivity index (χ3v) is 3.23. The molecule has 0 radical (unpaired) electrons. The van der Waals surface area contributed by atoms with Crippen LogP contribution in [0.25, 0.3) is 0 Å². The molecule has 0 aliphatic carbocycles. The minimum absolute atomic E-state index is 0.0659. The number of nitrogens with one attached hydrogen (secondary N) is 1. The molecule has 0 aromatic heterocycles. The standard InChI is InChI=1S/C10H9NO3S/c12-8-4-5-15-9-6(10(13)14)2-1-3-7(9)11-8/h1-3H,4-5H2,(H,11,12)(H,13,14). The average Bonchev–Trinajstić information content (AvgIpc) is 2.37. The zero-order valence-electron chi connectivity index (χ0n) is 7.82. The van der Waals surface area contributed by atoms with Gasteiger partial charge in [-0.1, -0.05) is 6.07 Å². The van der Waals surface area contributed by atoms with Crippen LogP contribution < -0.4 is 5.32 Å². The second kappa shape index (κ2) is 3.94. The van der Waals surface area contributed by atoms with E-state index < -0.39 is 5.97 Å². The van der Waals surface area contributed by atoms with Crippen LogP contribution in [0.5, 0.6) is 0 Å². The summed E-state index contributed by atoms with van der Waals surface area (Å²) in [5.74, 6) is -0.414. The number of aromatic carboxylic acids is 1. The second-order valence-corrected chi connectivity index (χ2v) is 4.24. The summed E-state index contributed by atoms with van der Waals surface area (Å²) in [6, 6.07) is 4.90. The van der Waals surface area contributed by atoms with Crippen LogP contribution in [0.3, 0.4) is 0 Å². The first-order valence-corrected chi connectivity index (χ1v) is 5.46. The Bertz CT molecular complexity index is 431. The van der Waals surface area contributed by atoms with Gasteiger partial charge in [0.25, 0.3) is 0 Å². The Labute approximate surface area is 90.7 Å². The lowest BCUT2D eigenvalue weighted by molar-refractivity contribution is -0.115. The molecule has 1 aromatic rings. The summed E-state index contributed by atoms with van der Waals surface area (Å²) in [7, 11) is 0. The van der Waals surface area contributed by atoms with Crippen LogP contribution in [-0.2, 0) is 4.79 Å². The Morgan fingerprint density at radius 3 is 3.00 bits per heavy atom. The summed E-state index contributed by atoms with van der Waals surface area (Å²) in [5.41, 5.74) is 0.849. The van der Waals surface area contributed by atoms with Crippen molar-refractivity contribution in [3.8, 4) is 0 Å². The number of carbonyl (C=O) groups excluding carboxylic acids is 1. The molecule has 0 saturated carbocycles. The Hall–Kier alpha value is -1.49. The summed E-state index contributed by atoms with van der Waals surface area (Å²) in [5, 5.41) is 11.7. The van der Waals surface area contributed by atoms with E-state index in [0.717, 1.165) is 0 Å². The van der Waals surface area contributed by atoms with Crippen molar-refractivity contribution in [2.24, 2.45) is 0 Å². The normalized spacial score (nSPS) is 15.1. The molecule has 2 rings (SSSR count). The van der Waals surface area contributed by atoms with Crippen LogP contribution in [0.1, 0.15) is 16.8 Å². The Morgan fingerprint density at radius 1 is 1.47 bits per heavy atom. The highest BCUT2D eigenvalue weighted by atomic mass is 32.2. The third-order valence-electron chi connectivity index (χ3n) is 2.10. The fourth-order valence-corrected chi connectivity index (χ4v) is 2.49. The van der Waals surface area contributed by atoms with Gasteiger partial charge < -0.3 is 10.4 Å².